The predicted octanol–water partition coefficient (Wildman–Crippen LogP) is 2.70. The lowest BCUT2D eigenvalue weighted by Crippen LogP contribution is -2.37. The first-order valence-corrected chi connectivity index (χ1v) is 7.60. The molecule has 0 aromatic rings. The Labute approximate surface area is 111 Å². The van der Waals surface area contributed by atoms with Crippen LogP contribution in [0.5, 0.6) is 0 Å². The molecule has 3 atom stereocenters. The van der Waals surface area contributed by atoms with E-state index in [1.54, 1.807) is 0 Å². The molecule has 2 rings (SSSR count). The largest absolute Gasteiger partial charge is 0.465 e. The maximum Gasteiger partial charge on any atom is 0.320 e. The van der Waals surface area contributed by atoms with Crippen molar-refractivity contribution in [3.63, 3.8) is 0 Å². The highest BCUT2D eigenvalue weighted by molar-refractivity contribution is 5.71. The predicted molar refractivity (Wildman–Crippen MR) is 72.3 cm³/mol. The van der Waals surface area contributed by atoms with Crippen LogP contribution in [0.1, 0.15) is 46.0 Å². The van der Waals surface area contributed by atoms with Crippen molar-refractivity contribution in [3.8, 4) is 0 Å². The third-order valence-corrected chi connectivity index (χ3v) is 4.58. The summed E-state index contributed by atoms with van der Waals surface area (Å²) in [6.07, 6.45) is 6.83. The Bertz CT molecular complexity index is 280. The van der Waals surface area contributed by atoms with Crippen LogP contribution in [0.2, 0.25) is 0 Å². The zero-order valence-corrected chi connectivity index (χ0v) is 11.9. The normalized spacial score (nSPS) is 30.1. The summed E-state index contributed by atoms with van der Waals surface area (Å²) in [6, 6.07) is 0. The van der Waals surface area contributed by atoms with Crippen molar-refractivity contribution in [2.75, 3.05) is 26.2 Å². The van der Waals surface area contributed by atoms with Gasteiger partial charge in [-0.05, 0) is 56.9 Å². The zero-order valence-electron chi connectivity index (χ0n) is 11.9. The maximum absolute atomic E-state index is 11.6. The Kier molecular flexibility index (Phi) is 5.04. The first-order valence-electron chi connectivity index (χ1n) is 7.60. The molecular formula is C15H27NO2. The van der Waals surface area contributed by atoms with Crippen LogP contribution in [-0.4, -0.2) is 37.1 Å². The lowest BCUT2D eigenvalue weighted by molar-refractivity contribution is -0.144. The molecule has 3 heteroatoms. The highest BCUT2D eigenvalue weighted by atomic mass is 16.5. The molecule has 0 spiro atoms. The van der Waals surface area contributed by atoms with Gasteiger partial charge in [0, 0.05) is 6.54 Å². The number of ether oxygens (including phenoxy) is 1. The van der Waals surface area contributed by atoms with Gasteiger partial charge >= 0.3 is 5.97 Å². The summed E-state index contributed by atoms with van der Waals surface area (Å²) in [4.78, 5) is 13.9. The van der Waals surface area contributed by atoms with E-state index in [4.69, 9.17) is 4.74 Å². The van der Waals surface area contributed by atoms with Crippen molar-refractivity contribution < 1.29 is 9.53 Å². The van der Waals surface area contributed by atoms with Gasteiger partial charge in [0.2, 0.25) is 0 Å². The van der Waals surface area contributed by atoms with Gasteiger partial charge in [0.15, 0.2) is 0 Å². The molecule has 2 saturated carbocycles. The van der Waals surface area contributed by atoms with E-state index >= 15 is 0 Å². The van der Waals surface area contributed by atoms with Gasteiger partial charge < -0.3 is 4.74 Å². The highest BCUT2D eigenvalue weighted by Crippen LogP contribution is 2.48. The van der Waals surface area contributed by atoms with E-state index in [9.17, 15) is 4.79 Å². The van der Waals surface area contributed by atoms with Gasteiger partial charge in [0.25, 0.3) is 0 Å². The molecule has 2 aliphatic rings. The van der Waals surface area contributed by atoms with Crippen molar-refractivity contribution >= 4 is 5.97 Å². The van der Waals surface area contributed by atoms with E-state index in [0.29, 0.717) is 13.2 Å². The number of carbonyl (C=O) groups excluding carboxylic acids is 1. The van der Waals surface area contributed by atoms with E-state index in [2.05, 4.69) is 11.8 Å². The van der Waals surface area contributed by atoms with Crippen molar-refractivity contribution in [3.05, 3.63) is 0 Å². The van der Waals surface area contributed by atoms with E-state index in [1.165, 1.54) is 25.7 Å². The smallest absolute Gasteiger partial charge is 0.320 e. The standard InChI is InChI=1S/C15H27NO2/c1-3-7-16(11-15(17)18-4-2)10-14-9-12-5-6-13(14)8-12/h12-14H,3-11H2,1-2H3. The molecule has 3 unspecified atom stereocenters. The fourth-order valence-electron chi connectivity index (χ4n) is 3.87. The van der Waals surface area contributed by atoms with Crippen LogP contribution in [0.4, 0.5) is 0 Å². The third kappa shape index (κ3) is 3.47. The molecule has 0 aliphatic heterocycles. The van der Waals surface area contributed by atoms with Crippen molar-refractivity contribution in [2.24, 2.45) is 17.8 Å². The lowest BCUT2D eigenvalue weighted by Gasteiger charge is -2.29. The molecule has 0 aromatic carbocycles. The summed E-state index contributed by atoms with van der Waals surface area (Å²) < 4.78 is 5.06. The van der Waals surface area contributed by atoms with Gasteiger partial charge in [-0.2, -0.15) is 0 Å². The molecule has 3 nitrogen and oxygen atoms in total. The Hall–Kier alpha value is -0.570. The molecule has 0 aromatic heterocycles. The SMILES string of the molecule is CCCN(CC(=O)OCC)CC1CC2CCC1C2. The fourth-order valence-corrected chi connectivity index (χ4v) is 3.87. The average Bonchev–Trinajstić information content (AvgIpc) is 2.91. The van der Waals surface area contributed by atoms with Gasteiger partial charge in [-0.1, -0.05) is 13.3 Å². The summed E-state index contributed by atoms with van der Waals surface area (Å²) in [5, 5.41) is 0. The molecule has 2 aliphatic carbocycles. The second-order valence-corrected chi connectivity index (χ2v) is 5.98. The molecular weight excluding hydrogens is 226 g/mol. The average molecular weight is 253 g/mol. The van der Waals surface area contributed by atoms with Crippen LogP contribution in [0.3, 0.4) is 0 Å². The van der Waals surface area contributed by atoms with E-state index in [-0.39, 0.29) is 5.97 Å². The maximum atomic E-state index is 11.6. The first kappa shape index (κ1) is 13.9. The molecule has 0 radical (unpaired) electrons. The van der Waals surface area contributed by atoms with Crippen molar-refractivity contribution in [1.82, 2.24) is 4.90 Å². The number of rotatable bonds is 7. The monoisotopic (exact) mass is 253 g/mol. The number of esters is 1. The van der Waals surface area contributed by atoms with Crippen LogP contribution in [0.15, 0.2) is 0 Å². The zero-order chi connectivity index (χ0) is 13.0. The Balaban J connectivity index is 1.80. The minimum Gasteiger partial charge on any atom is -0.465 e. The number of hydrogen-bond acceptors (Lipinski definition) is 3. The van der Waals surface area contributed by atoms with Gasteiger partial charge in [0.1, 0.15) is 0 Å². The summed E-state index contributed by atoms with van der Waals surface area (Å²) >= 11 is 0. The molecule has 0 amide bonds. The number of nitrogens with zero attached hydrogens (tertiary/aromatic N) is 1. The van der Waals surface area contributed by atoms with Crippen molar-refractivity contribution in [2.45, 2.75) is 46.0 Å². The van der Waals surface area contributed by atoms with E-state index in [1.807, 2.05) is 6.92 Å². The molecule has 2 fully saturated rings. The molecule has 2 bridgehead atoms. The second kappa shape index (κ2) is 6.55. The summed E-state index contributed by atoms with van der Waals surface area (Å²) in [7, 11) is 0. The van der Waals surface area contributed by atoms with Gasteiger partial charge in [-0.15, -0.1) is 0 Å². The third-order valence-electron chi connectivity index (χ3n) is 4.58. The Morgan fingerprint density at radius 1 is 1.28 bits per heavy atom. The van der Waals surface area contributed by atoms with Gasteiger partial charge in [0.05, 0.1) is 13.2 Å². The minimum atomic E-state index is -0.0610. The fraction of sp³-hybridized carbons (Fsp3) is 0.933. The number of carbonyl (C=O) groups is 1. The van der Waals surface area contributed by atoms with Crippen molar-refractivity contribution in [1.29, 1.82) is 0 Å². The molecule has 0 heterocycles. The van der Waals surface area contributed by atoms with E-state index < -0.39 is 0 Å². The van der Waals surface area contributed by atoms with Crippen LogP contribution >= 0.6 is 0 Å². The lowest BCUT2D eigenvalue weighted by atomic mass is 9.88. The molecule has 0 saturated heterocycles. The number of hydrogen-bond donors (Lipinski definition) is 0. The summed E-state index contributed by atoms with van der Waals surface area (Å²) in [5.74, 6) is 2.71. The highest BCUT2D eigenvalue weighted by Gasteiger charge is 2.39. The first-order chi connectivity index (χ1) is 8.72. The quantitative estimate of drug-likeness (QED) is 0.653. The second-order valence-electron chi connectivity index (χ2n) is 5.98. The minimum absolute atomic E-state index is 0.0610. The van der Waals surface area contributed by atoms with E-state index in [0.717, 1.165) is 37.3 Å². The topological polar surface area (TPSA) is 29.5 Å². The summed E-state index contributed by atoms with van der Waals surface area (Å²) in [5.41, 5.74) is 0. The molecule has 18 heavy (non-hydrogen) atoms. The Morgan fingerprint density at radius 3 is 2.67 bits per heavy atom. The Morgan fingerprint density at radius 2 is 2.11 bits per heavy atom. The summed E-state index contributed by atoms with van der Waals surface area (Å²) in [6.45, 7) is 7.15. The van der Waals surface area contributed by atoms with Crippen LogP contribution < -0.4 is 0 Å². The molecule has 104 valence electrons. The molecule has 0 N–H and O–H groups in total. The van der Waals surface area contributed by atoms with Crippen LogP contribution in [-0.2, 0) is 9.53 Å². The van der Waals surface area contributed by atoms with Gasteiger partial charge in [-0.3, -0.25) is 9.69 Å². The van der Waals surface area contributed by atoms with Crippen LogP contribution in [0, 0.1) is 17.8 Å². The van der Waals surface area contributed by atoms with Crippen LogP contribution in [0.25, 0.3) is 0 Å². The number of fused-ring (bicyclic) bond motifs is 2. The van der Waals surface area contributed by atoms with Gasteiger partial charge in [-0.25, -0.2) is 0 Å².